The van der Waals surface area contributed by atoms with Gasteiger partial charge >= 0.3 is 0 Å². The number of carbonyl (C=O) groups excluding carboxylic acids is 2. The van der Waals surface area contributed by atoms with Crippen LogP contribution >= 0.6 is 0 Å². The normalized spacial score (nSPS) is 18.2. The number of aromatic amines is 1. The number of hydrogen-bond donors (Lipinski definition) is 1. The van der Waals surface area contributed by atoms with E-state index in [9.17, 15) is 18.0 Å². The predicted octanol–water partition coefficient (Wildman–Crippen LogP) is 2.69. The van der Waals surface area contributed by atoms with Gasteiger partial charge in [0.05, 0.1) is 4.90 Å². The van der Waals surface area contributed by atoms with Crippen molar-refractivity contribution < 1.29 is 18.0 Å². The van der Waals surface area contributed by atoms with Gasteiger partial charge in [-0.2, -0.15) is 4.31 Å². The number of aromatic nitrogens is 1. The number of fused-ring (bicyclic) bond motifs is 1. The van der Waals surface area contributed by atoms with Crippen molar-refractivity contribution in [3.8, 4) is 0 Å². The Morgan fingerprint density at radius 2 is 1.70 bits per heavy atom. The van der Waals surface area contributed by atoms with Crippen LogP contribution in [0.15, 0.2) is 29.2 Å². The van der Waals surface area contributed by atoms with Crippen molar-refractivity contribution in [2.45, 2.75) is 44.4 Å². The third-order valence-electron chi connectivity index (χ3n) is 6.05. The summed E-state index contributed by atoms with van der Waals surface area (Å²) >= 11 is 0. The van der Waals surface area contributed by atoms with Crippen molar-refractivity contribution in [2.75, 3.05) is 26.2 Å². The third kappa shape index (κ3) is 3.70. The summed E-state index contributed by atoms with van der Waals surface area (Å²) in [4.78, 5) is 30.6. The lowest BCUT2D eigenvalue weighted by Gasteiger charge is -2.22. The van der Waals surface area contributed by atoms with Crippen LogP contribution in [0.4, 0.5) is 0 Å². The van der Waals surface area contributed by atoms with E-state index in [2.05, 4.69) is 4.98 Å². The molecule has 2 aromatic rings. The van der Waals surface area contributed by atoms with Crippen LogP contribution in [0.1, 0.15) is 56.9 Å². The smallest absolute Gasteiger partial charge is 0.270 e. The molecule has 0 atom stereocenters. The second kappa shape index (κ2) is 8.00. The van der Waals surface area contributed by atoms with Gasteiger partial charge in [0.2, 0.25) is 10.0 Å². The van der Waals surface area contributed by atoms with Gasteiger partial charge in [0.25, 0.3) is 5.91 Å². The number of hydrogen-bond acceptors (Lipinski definition) is 4. The van der Waals surface area contributed by atoms with Gasteiger partial charge in [-0.15, -0.1) is 0 Å². The molecule has 4 rings (SSSR count). The Balaban J connectivity index is 1.52. The minimum absolute atomic E-state index is 0.0929. The van der Waals surface area contributed by atoms with Crippen LogP contribution in [0.5, 0.6) is 0 Å². The van der Waals surface area contributed by atoms with Crippen molar-refractivity contribution >= 4 is 21.7 Å². The van der Waals surface area contributed by atoms with E-state index in [4.69, 9.17) is 0 Å². The van der Waals surface area contributed by atoms with Crippen molar-refractivity contribution in [2.24, 2.45) is 0 Å². The van der Waals surface area contributed by atoms with Gasteiger partial charge in [-0.25, -0.2) is 8.42 Å². The predicted molar refractivity (Wildman–Crippen MR) is 113 cm³/mol. The van der Waals surface area contributed by atoms with Gasteiger partial charge in [-0.1, -0.05) is 17.7 Å². The van der Waals surface area contributed by atoms with Crippen LogP contribution in [-0.4, -0.2) is 60.5 Å². The molecule has 8 heteroatoms. The molecule has 0 radical (unpaired) electrons. The second-order valence-electron chi connectivity index (χ2n) is 8.12. The summed E-state index contributed by atoms with van der Waals surface area (Å²) in [5.41, 5.74) is 3.70. The van der Waals surface area contributed by atoms with Crippen molar-refractivity contribution in [3.63, 3.8) is 0 Å². The van der Waals surface area contributed by atoms with Crippen LogP contribution in [-0.2, 0) is 16.4 Å². The maximum atomic E-state index is 13.2. The molecule has 7 nitrogen and oxygen atoms in total. The number of nitrogens with zero attached hydrogens (tertiary/aromatic N) is 2. The molecule has 0 saturated carbocycles. The highest BCUT2D eigenvalue weighted by Crippen LogP contribution is 2.27. The van der Waals surface area contributed by atoms with Crippen molar-refractivity contribution in [3.05, 3.63) is 52.3 Å². The highest BCUT2D eigenvalue weighted by Gasteiger charge is 2.31. The minimum atomic E-state index is -3.59. The van der Waals surface area contributed by atoms with Crippen molar-refractivity contribution in [1.29, 1.82) is 0 Å². The summed E-state index contributed by atoms with van der Waals surface area (Å²) in [5, 5.41) is 0. The van der Waals surface area contributed by atoms with Gasteiger partial charge in [0.1, 0.15) is 5.69 Å². The van der Waals surface area contributed by atoms with E-state index in [0.717, 1.165) is 24.1 Å². The fraction of sp³-hybridized carbons (Fsp3) is 0.455. The molecule has 1 saturated heterocycles. The Morgan fingerprint density at radius 3 is 2.40 bits per heavy atom. The Morgan fingerprint density at radius 1 is 0.967 bits per heavy atom. The maximum absolute atomic E-state index is 13.2. The summed E-state index contributed by atoms with van der Waals surface area (Å²) in [6.07, 6.45) is 2.66. The topological polar surface area (TPSA) is 90.6 Å². The van der Waals surface area contributed by atoms with Crippen LogP contribution in [0.2, 0.25) is 0 Å². The molecule has 1 amide bonds. The van der Waals surface area contributed by atoms with E-state index < -0.39 is 10.0 Å². The van der Waals surface area contributed by atoms with E-state index in [1.165, 1.54) is 4.31 Å². The van der Waals surface area contributed by atoms with Gasteiger partial charge in [0.15, 0.2) is 5.78 Å². The molecule has 1 aromatic heterocycles. The molecular formula is C22H27N3O4S. The lowest BCUT2D eigenvalue weighted by molar-refractivity contribution is 0.0758. The summed E-state index contributed by atoms with van der Waals surface area (Å²) in [5.74, 6) is -0.0698. The van der Waals surface area contributed by atoms with Gasteiger partial charge < -0.3 is 9.88 Å². The standard InChI is InChI=1S/C22H27N3O4S/c1-15-7-9-17(10-8-15)30(28,29)25-12-4-11-24(13-14-25)22(27)21-16(2)20-18(23-21)5-3-6-19(20)26/h7-10,23H,3-6,11-14H2,1-2H3. The third-order valence-corrected chi connectivity index (χ3v) is 7.96. The molecule has 2 heterocycles. The van der Waals surface area contributed by atoms with Crippen LogP contribution in [0.25, 0.3) is 0 Å². The number of ketones is 1. The highest BCUT2D eigenvalue weighted by atomic mass is 32.2. The van der Waals surface area contributed by atoms with Crippen LogP contribution < -0.4 is 0 Å². The molecule has 0 bridgehead atoms. The molecule has 160 valence electrons. The minimum Gasteiger partial charge on any atom is -0.354 e. The number of amides is 1. The molecule has 1 fully saturated rings. The molecule has 2 aliphatic rings. The number of benzene rings is 1. The first kappa shape index (κ1) is 20.8. The number of rotatable bonds is 3. The number of Topliss-reactive ketones (excluding diaryl/α,β-unsaturated/α-hetero) is 1. The SMILES string of the molecule is Cc1ccc(S(=O)(=O)N2CCCN(C(=O)c3[nH]c4c(c3C)C(=O)CCC4)CC2)cc1. The fourth-order valence-corrected chi connectivity index (χ4v) is 5.81. The molecule has 0 unspecified atom stereocenters. The average Bonchev–Trinajstić information content (AvgIpc) is 2.90. The van der Waals surface area contributed by atoms with E-state index in [1.807, 2.05) is 13.8 Å². The zero-order chi connectivity index (χ0) is 21.5. The van der Waals surface area contributed by atoms with Crippen LogP contribution in [0, 0.1) is 13.8 Å². The molecule has 1 aromatic carbocycles. The van der Waals surface area contributed by atoms with Crippen LogP contribution in [0.3, 0.4) is 0 Å². The first-order valence-corrected chi connectivity index (χ1v) is 11.8. The fourth-order valence-electron chi connectivity index (χ4n) is 4.34. The Labute approximate surface area is 177 Å². The second-order valence-corrected chi connectivity index (χ2v) is 10.1. The first-order valence-electron chi connectivity index (χ1n) is 10.4. The van der Waals surface area contributed by atoms with E-state index in [0.29, 0.717) is 49.3 Å². The van der Waals surface area contributed by atoms with E-state index in [-0.39, 0.29) is 23.1 Å². The molecule has 1 N–H and O–H groups in total. The highest BCUT2D eigenvalue weighted by molar-refractivity contribution is 7.89. The summed E-state index contributed by atoms with van der Waals surface area (Å²) in [7, 11) is -3.59. The zero-order valence-corrected chi connectivity index (χ0v) is 18.2. The quantitative estimate of drug-likeness (QED) is 0.812. The average molecular weight is 430 g/mol. The van der Waals surface area contributed by atoms with E-state index in [1.54, 1.807) is 29.2 Å². The first-order chi connectivity index (χ1) is 14.3. The van der Waals surface area contributed by atoms with Gasteiger partial charge in [-0.05, 0) is 50.8 Å². The monoisotopic (exact) mass is 429 g/mol. The summed E-state index contributed by atoms with van der Waals surface area (Å²) in [6, 6.07) is 6.83. The number of H-pyrrole nitrogens is 1. The van der Waals surface area contributed by atoms with E-state index >= 15 is 0 Å². The number of carbonyl (C=O) groups is 2. The lowest BCUT2D eigenvalue weighted by Crippen LogP contribution is -2.37. The Kier molecular flexibility index (Phi) is 5.55. The molecule has 1 aliphatic heterocycles. The maximum Gasteiger partial charge on any atom is 0.270 e. The number of aryl methyl sites for hydroxylation is 2. The molecule has 0 spiro atoms. The largest absolute Gasteiger partial charge is 0.354 e. The number of sulfonamides is 1. The molecule has 30 heavy (non-hydrogen) atoms. The summed E-state index contributed by atoms with van der Waals surface area (Å²) in [6.45, 7) is 5.16. The van der Waals surface area contributed by atoms with Gasteiger partial charge in [-0.3, -0.25) is 9.59 Å². The lowest BCUT2D eigenvalue weighted by atomic mass is 9.94. The molecule has 1 aliphatic carbocycles. The van der Waals surface area contributed by atoms with Gasteiger partial charge in [0, 0.05) is 43.9 Å². The summed E-state index contributed by atoms with van der Waals surface area (Å²) < 4.78 is 27.5. The Hall–Kier alpha value is -2.45. The molecular weight excluding hydrogens is 402 g/mol. The zero-order valence-electron chi connectivity index (χ0n) is 17.4. The number of nitrogens with one attached hydrogen (secondary N) is 1. The Bertz CT molecular complexity index is 1090. The van der Waals surface area contributed by atoms with Crippen molar-refractivity contribution in [1.82, 2.24) is 14.2 Å².